The minimum absolute atomic E-state index is 0.335. The lowest BCUT2D eigenvalue weighted by molar-refractivity contribution is 0.776. The maximum absolute atomic E-state index is 4.67. The third-order valence-electron chi connectivity index (χ3n) is 2.75. The predicted molar refractivity (Wildman–Crippen MR) is 78.3 cm³/mol. The van der Waals surface area contributed by atoms with Gasteiger partial charge < -0.3 is 5.32 Å². The Balaban J connectivity index is 2.50. The van der Waals surface area contributed by atoms with Crippen LogP contribution in [0, 0.1) is 6.92 Å². The molecule has 0 amide bonds. The number of anilines is 1. The van der Waals surface area contributed by atoms with E-state index in [0.29, 0.717) is 5.92 Å². The van der Waals surface area contributed by atoms with Gasteiger partial charge in [0.05, 0.1) is 5.69 Å². The standard InChI is InChI=1S/C14H19N3S/c1-5-15-13-8-12(11-6-7-18-10(11)4)16-14(17-13)9(2)3/h6-9H,5H2,1-4H3,(H,15,16,17). The van der Waals surface area contributed by atoms with Crippen molar-refractivity contribution in [2.45, 2.75) is 33.6 Å². The Bertz CT molecular complexity index is 532. The molecule has 0 aromatic carbocycles. The summed E-state index contributed by atoms with van der Waals surface area (Å²) in [5.41, 5.74) is 2.23. The lowest BCUT2D eigenvalue weighted by atomic mass is 10.1. The molecule has 18 heavy (non-hydrogen) atoms. The number of aromatic nitrogens is 2. The van der Waals surface area contributed by atoms with Crippen LogP contribution in [0.1, 0.15) is 37.4 Å². The van der Waals surface area contributed by atoms with E-state index in [4.69, 9.17) is 0 Å². The highest BCUT2D eigenvalue weighted by molar-refractivity contribution is 7.10. The average Bonchev–Trinajstić information content (AvgIpc) is 2.75. The highest BCUT2D eigenvalue weighted by Gasteiger charge is 2.11. The van der Waals surface area contributed by atoms with Crippen molar-refractivity contribution in [3.05, 3.63) is 28.2 Å². The van der Waals surface area contributed by atoms with E-state index in [9.17, 15) is 0 Å². The third kappa shape index (κ3) is 2.70. The van der Waals surface area contributed by atoms with Crippen LogP contribution in [-0.2, 0) is 0 Å². The fourth-order valence-electron chi connectivity index (χ4n) is 1.78. The van der Waals surface area contributed by atoms with Crippen LogP contribution in [0.3, 0.4) is 0 Å². The molecule has 1 N–H and O–H groups in total. The maximum atomic E-state index is 4.67. The van der Waals surface area contributed by atoms with Gasteiger partial charge in [0, 0.05) is 29.0 Å². The first kappa shape index (κ1) is 13.0. The van der Waals surface area contributed by atoms with Gasteiger partial charge in [-0.05, 0) is 25.3 Å². The highest BCUT2D eigenvalue weighted by atomic mass is 32.1. The van der Waals surface area contributed by atoms with Gasteiger partial charge in [-0.3, -0.25) is 0 Å². The number of aryl methyl sites for hydroxylation is 1. The van der Waals surface area contributed by atoms with Crippen LogP contribution in [0.15, 0.2) is 17.5 Å². The van der Waals surface area contributed by atoms with Crippen molar-refractivity contribution in [1.29, 1.82) is 0 Å². The lowest BCUT2D eigenvalue weighted by Crippen LogP contribution is -2.05. The summed E-state index contributed by atoms with van der Waals surface area (Å²) in [4.78, 5) is 10.5. The molecular weight excluding hydrogens is 242 g/mol. The number of nitrogens with one attached hydrogen (secondary N) is 1. The Morgan fingerprint density at radius 1 is 1.33 bits per heavy atom. The zero-order valence-corrected chi connectivity index (χ0v) is 12.1. The molecule has 96 valence electrons. The van der Waals surface area contributed by atoms with Crippen LogP contribution in [-0.4, -0.2) is 16.5 Å². The molecular formula is C14H19N3S. The zero-order valence-electron chi connectivity index (χ0n) is 11.3. The first-order chi connectivity index (χ1) is 8.61. The molecule has 0 unspecified atom stereocenters. The van der Waals surface area contributed by atoms with Gasteiger partial charge in [-0.2, -0.15) is 0 Å². The van der Waals surface area contributed by atoms with E-state index in [2.05, 4.69) is 54.4 Å². The molecule has 0 saturated carbocycles. The Kier molecular flexibility index (Phi) is 3.97. The highest BCUT2D eigenvalue weighted by Crippen LogP contribution is 2.28. The summed E-state index contributed by atoms with van der Waals surface area (Å²) < 4.78 is 0. The average molecular weight is 261 g/mol. The first-order valence-corrected chi connectivity index (χ1v) is 7.17. The zero-order chi connectivity index (χ0) is 13.1. The van der Waals surface area contributed by atoms with Crippen LogP contribution in [0.5, 0.6) is 0 Å². The molecule has 0 aliphatic heterocycles. The largest absolute Gasteiger partial charge is 0.370 e. The molecule has 2 rings (SSSR count). The smallest absolute Gasteiger partial charge is 0.133 e. The molecule has 0 fully saturated rings. The van der Waals surface area contributed by atoms with Crippen LogP contribution in [0.25, 0.3) is 11.3 Å². The van der Waals surface area contributed by atoms with Gasteiger partial charge in [-0.15, -0.1) is 11.3 Å². The second-order valence-corrected chi connectivity index (χ2v) is 5.69. The lowest BCUT2D eigenvalue weighted by Gasteiger charge is -2.10. The number of nitrogens with zero attached hydrogens (tertiary/aromatic N) is 2. The Morgan fingerprint density at radius 3 is 2.67 bits per heavy atom. The van der Waals surface area contributed by atoms with Crippen molar-refractivity contribution in [1.82, 2.24) is 9.97 Å². The van der Waals surface area contributed by atoms with E-state index in [1.54, 1.807) is 11.3 Å². The Labute approximate surface area is 112 Å². The minimum Gasteiger partial charge on any atom is -0.370 e. The van der Waals surface area contributed by atoms with Crippen molar-refractivity contribution >= 4 is 17.2 Å². The van der Waals surface area contributed by atoms with Crippen LogP contribution >= 0.6 is 11.3 Å². The molecule has 4 heteroatoms. The molecule has 2 aromatic rings. The monoisotopic (exact) mass is 261 g/mol. The second-order valence-electron chi connectivity index (χ2n) is 4.57. The molecule has 3 nitrogen and oxygen atoms in total. The molecule has 0 aliphatic carbocycles. The normalized spacial score (nSPS) is 10.9. The molecule has 0 radical (unpaired) electrons. The molecule has 0 atom stereocenters. The molecule has 0 bridgehead atoms. The van der Waals surface area contributed by atoms with E-state index in [1.807, 2.05) is 6.07 Å². The molecule has 2 heterocycles. The molecule has 0 spiro atoms. The second kappa shape index (κ2) is 5.48. The van der Waals surface area contributed by atoms with Gasteiger partial charge in [0.2, 0.25) is 0 Å². The number of hydrogen-bond donors (Lipinski definition) is 1. The van der Waals surface area contributed by atoms with Gasteiger partial charge in [0.1, 0.15) is 11.6 Å². The summed E-state index contributed by atoms with van der Waals surface area (Å²) in [7, 11) is 0. The molecule has 0 saturated heterocycles. The van der Waals surface area contributed by atoms with Gasteiger partial charge in [-0.1, -0.05) is 13.8 Å². The number of thiophene rings is 1. The van der Waals surface area contributed by atoms with Crippen molar-refractivity contribution in [2.24, 2.45) is 0 Å². The van der Waals surface area contributed by atoms with E-state index >= 15 is 0 Å². The van der Waals surface area contributed by atoms with E-state index < -0.39 is 0 Å². The van der Waals surface area contributed by atoms with Crippen molar-refractivity contribution in [3.8, 4) is 11.3 Å². The quantitative estimate of drug-likeness (QED) is 0.901. The van der Waals surface area contributed by atoms with Gasteiger partial charge in [0.25, 0.3) is 0 Å². The molecule has 2 aromatic heterocycles. The first-order valence-electron chi connectivity index (χ1n) is 6.29. The number of hydrogen-bond acceptors (Lipinski definition) is 4. The fraction of sp³-hybridized carbons (Fsp3) is 0.429. The third-order valence-corrected chi connectivity index (χ3v) is 3.60. The van der Waals surface area contributed by atoms with Crippen molar-refractivity contribution in [3.63, 3.8) is 0 Å². The van der Waals surface area contributed by atoms with E-state index in [0.717, 1.165) is 23.9 Å². The minimum atomic E-state index is 0.335. The summed E-state index contributed by atoms with van der Waals surface area (Å²) in [6, 6.07) is 4.16. The number of rotatable bonds is 4. The van der Waals surface area contributed by atoms with Gasteiger partial charge >= 0.3 is 0 Å². The van der Waals surface area contributed by atoms with Gasteiger partial charge in [-0.25, -0.2) is 9.97 Å². The summed E-state index contributed by atoms with van der Waals surface area (Å²) in [5, 5.41) is 5.38. The van der Waals surface area contributed by atoms with E-state index in [1.165, 1.54) is 10.4 Å². The van der Waals surface area contributed by atoms with Crippen LogP contribution in [0.4, 0.5) is 5.82 Å². The molecule has 0 aliphatic rings. The van der Waals surface area contributed by atoms with Crippen LogP contribution < -0.4 is 5.32 Å². The Morgan fingerprint density at radius 2 is 2.11 bits per heavy atom. The summed E-state index contributed by atoms with van der Waals surface area (Å²) in [6.45, 7) is 9.32. The van der Waals surface area contributed by atoms with Crippen LogP contribution in [0.2, 0.25) is 0 Å². The van der Waals surface area contributed by atoms with E-state index in [-0.39, 0.29) is 0 Å². The summed E-state index contributed by atoms with van der Waals surface area (Å²) in [6.07, 6.45) is 0. The fourth-order valence-corrected chi connectivity index (χ4v) is 2.49. The predicted octanol–water partition coefficient (Wildman–Crippen LogP) is 4.07. The maximum Gasteiger partial charge on any atom is 0.133 e. The van der Waals surface area contributed by atoms with Crippen molar-refractivity contribution < 1.29 is 0 Å². The van der Waals surface area contributed by atoms with Crippen molar-refractivity contribution in [2.75, 3.05) is 11.9 Å². The summed E-state index contributed by atoms with van der Waals surface area (Å²) in [5.74, 6) is 2.15. The Hall–Kier alpha value is -1.42. The van der Waals surface area contributed by atoms with Gasteiger partial charge in [0.15, 0.2) is 0 Å². The topological polar surface area (TPSA) is 37.8 Å². The summed E-state index contributed by atoms with van der Waals surface area (Å²) >= 11 is 1.75. The SMILES string of the molecule is CCNc1cc(-c2ccsc2C)nc(C(C)C)n1.